The fraction of sp³-hybridized carbons (Fsp3) is 0.467. The zero-order valence-corrected chi connectivity index (χ0v) is 10.5. The van der Waals surface area contributed by atoms with Crippen LogP contribution in [0, 0.1) is 11.8 Å². The summed E-state index contributed by atoms with van der Waals surface area (Å²) in [4.78, 5) is 0. The largest absolute Gasteiger partial charge is 0.377 e. The Morgan fingerprint density at radius 1 is 1.29 bits per heavy atom. The van der Waals surface area contributed by atoms with Crippen LogP contribution in [0.5, 0.6) is 0 Å². The predicted octanol–water partition coefficient (Wildman–Crippen LogP) is 2.70. The van der Waals surface area contributed by atoms with Crippen LogP contribution in [0.1, 0.15) is 37.3 Å². The van der Waals surface area contributed by atoms with Gasteiger partial charge in [0.2, 0.25) is 0 Å². The van der Waals surface area contributed by atoms with Crippen LogP contribution in [0.25, 0.3) is 0 Å². The molecule has 0 aliphatic carbocycles. The van der Waals surface area contributed by atoms with E-state index < -0.39 is 0 Å². The third kappa shape index (κ3) is 6.11. The van der Waals surface area contributed by atoms with E-state index in [0.717, 1.165) is 18.6 Å². The molecule has 0 aromatic heterocycles. The lowest BCUT2D eigenvalue weighted by molar-refractivity contribution is 0.117. The Morgan fingerprint density at radius 2 is 2.18 bits per heavy atom. The van der Waals surface area contributed by atoms with E-state index in [1.165, 1.54) is 18.4 Å². The molecular weight excluding hydrogens is 210 g/mol. The molecule has 1 aromatic carbocycles. The summed E-state index contributed by atoms with van der Waals surface area (Å²) in [7, 11) is 0. The summed E-state index contributed by atoms with van der Waals surface area (Å²) >= 11 is 0. The van der Waals surface area contributed by atoms with Crippen LogP contribution in [0.3, 0.4) is 0 Å². The van der Waals surface area contributed by atoms with E-state index >= 15 is 0 Å². The minimum Gasteiger partial charge on any atom is -0.377 e. The molecule has 2 nitrogen and oxygen atoms in total. The molecule has 0 saturated carbocycles. The Labute approximate surface area is 104 Å². The van der Waals surface area contributed by atoms with Crippen molar-refractivity contribution < 1.29 is 4.74 Å². The fourth-order valence-corrected chi connectivity index (χ4v) is 1.54. The van der Waals surface area contributed by atoms with E-state index in [2.05, 4.69) is 30.9 Å². The first-order valence-corrected chi connectivity index (χ1v) is 6.22. The molecule has 0 radical (unpaired) electrons. The number of benzene rings is 1. The zero-order chi connectivity index (χ0) is 12.3. The molecule has 0 bridgehead atoms. The van der Waals surface area contributed by atoms with Gasteiger partial charge in [-0.25, -0.2) is 0 Å². The van der Waals surface area contributed by atoms with Crippen molar-refractivity contribution in [3.63, 3.8) is 0 Å². The van der Waals surface area contributed by atoms with Crippen molar-refractivity contribution in [2.75, 3.05) is 13.2 Å². The Hall–Kier alpha value is -1.30. The van der Waals surface area contributed by atoms with Crippen molar-refractivity contribution in [2.45, 2.75) is 32.8 Å². The summed E-state index contributed by atoms with van der Waals surface area (Å²) in [6.07, 6.45) is 3.61. The van der Waals surface area contributed by atoms with Gasteiger partial charge in [0.25, 0.3) is 0 Å². The van der Waals surface area contributed by atoms with E-state index in [4.69, 9.17) is 10.5 Å². The maximum Gasteiger partial charge on any atom is 0.0717 e. The quantitative estimate of drug-likeness (QED) is 0.603. The molecular formula is C15H21NO. The molecule has 0 saturated heterocycles. The number of rotatable bonds is 6. The maximum atomic E-state index is 5.61. The second kappa shape index (κ2) is 8.81. The summed E-state index contributed by atoms with van der Waals surface area (Å²) in [5.74, 6) is 5.88. The van der Waals surface area contributed by atoms with Gasteiger partial charge in [0, 0.05) is 12.2 Å². The van der Waals surface area contributed by atoms with E-state index in [9.17, 15) is 0 Å². The predicted molar refractivity (Wildman–Crippen MR) is 71.6 cm³/mol. The summed E-state index contributed by atoms with van der Waals surface area (Å²) in [6, 6.07) is 8.12. The van der Waals surface area contributed by atoms with Crippen LogP contribution in [-0.4, -0.2) is 13.2 Å². The molecule has 0 heterocycles. The molecule has 0 fully saturated rings. The lowest BCUT2D eigenvalue weighted by Crippen LogP contribution is -1.96. The van der Waals surface area contributed by atoms with E-state index in [1.807, 2.05) is 12.1 Å². The van der Waals surface area contributed by atoms with Gasteiger partial charge in [-0.1, -0.05) is 43.7 Å². The van der Waals surface area contributed by atoms with E-state index in [-0.39, 0.29) is 0 Å². The van der Waals surface area contributed by atoms with Crippen LogP contribution in [0.2, 0.25) is 0 Å². The topological polar surface area (TPSA) is 35.2 Å². The van der Waals surface area contributed by atoms with Crippen LogP contribution < -0.4 is 5.73 Å². The van der Waals surface area contributed by atoms with Gasteiger partial charge in [-0.05, 0) is 24.1 Å². The number of hydrogen-bond acceptors (Lipinski definition) is 2. The number of hydrogen-bond donors (Lipinski definition) is 1. The van der Waals surface area contributed by atoms with Gasteiger partial charge in [0.1, 0.15) is 0 Å². The lowest BCUT2D eigenvalue weighted by Gasteiger charge is -2.04. The number of nitrogens with two attached hydrogens (primary N) is 1. The van der Waals surface area contributed by atoms with Gasteiger partial charge in [-0.2, -0.15) is 0 Å². The highest BCUT2D eigenvalue weighted by Gasteiger charge is 1.94. The van der Waals surface area contributed by atoms with Crippen molar-refractivity contribution in [3.05, 3.63) is 35.4 Å². The zero-order valence-electron chi connectivity index (χ0n) is 10.5. The van der Waals surface area contributed by atoms with Gasteiger partial charge in [0.05, 0.1) is 13.2 Å². The fourth-order valence-electron chi connectivity index (χ4n) is 1.54. The molecule has 1 rings (SSSR count). The van der Waals surface area contributed by atoms with Crippen LogP contribution >= 0.6 is 0 Å². The van der Waals surface area contributed by atoms with Crippen LogP contribution in [0.15, 0.2) is 24.3 Å². The molecule has 17 heavy (non-hydrogen) atoms. The first kappa shape index (κ1) is 13.8. The van der Waals surface area contributed by atoms with Crippen molar-refractivity contribution in [1.82, 2.24) is 0 Å². The molecule has 0 unspecified atom stereocenters. The molecule has 92 valence electrons. The molecule has 0 amide bonds. The summed E-state index contributed by atoms with van der Waals surface area (Å²) in [6.45, 7) is 4.10. The summed E-state index contributed by atoms with van der Waals surface area (Å²) < 4.78 is 5.61. The highest BCUT2D eigenvalue weighted by atomic mass is 16.5. The standard InChI is InChI=1S/C15H21NO/c1-2-3-4-11-17-13-15-8-5-7-14(12-15)9-6-10-16/h5,7-8,12H,2-4,10-11,13,16H2,1H3. The van der Waals surface area contributed by atoms with Crippen molar-refractivity contribution in [3.8, 4) is 11.8 Å². The normalized spacial score (nSPS) is 9.76. The summed E-state index contributed by atoms with van der Waals surface area (Å²) in [5, 5.41) is 0. The van der Waals surface area contributed by atoms with Gasteiger partial charge >= 0.3 is 0 Å². The third-order valence-corrected chi connectivity index (χ3v) is 2.42. The Morgan fingerprint density at radius 3 is 2.94 bits per heavy atom. The van der Waals surface area contributed by atoms with E-state index in [0.29, 0.717) is 13.2 Å². The van der Waals surface area contributed by atoms with Crippen LogP contribution in [0.4, 0.5) is 0 Å². The first-order chi connectivity index (χ1) is 8.36. The molecule has 0 atom stereocenters. The Balaban J connectivity index is 2.38. The monoisotopic (exact) mass is 231 g/mol. The first-order valence-electron chi connectivity index (χ1n) is 6.22. The van der Waals surface area contributed by atoms with E-state index in [1.54, 1.807) is 0 Å². The highest BCUT2D eigenvalue weighted by Crippen LogP contribution is 2.06. The van der Waals surface area contributed by atoms with Gasteiger partial charge in [0.15, 0.2) is 0 Å². The Bertz CT molecular complexity index is 376. The minimum atomic E-state index is 0.401. The van der Waals surface area contributed by atoms with Crippen LogP contribution in [-0.2, 0) is 11.3 Å². The molecule has 2 heteroatoms. The number of ether oxygens (including phenoxy) is 1. The van der Waals surface area contributed by atoms with Gasteiger partial charge < -0.3 is 10.5 Å². The molecule has 2 N–H and O–H groups in total. The SMILES string of the molecule is CCCCCOCc1cccc(C#CCN)c1. The smallest absolute Gasteiger partial charge is 0.0717 e. The lowest BCUT2D eigenvalue weighted by atomic mass is 10.1. The summed E-state index contributed by atoms with van der Waals surface area (Å²) in [5.41, 5.74) is 7.52. The van der Waals surface area contributed by atoms with Gasteiger partial charge in [-0.15, -0.1) is 0 Å². The molecule has 0 aliphatic heterocycles. The molecule has 0 aliphatic rings. The maximum absolute atomic E-state index is 5.61. The third-order valence-electron chi connectivity index (χ3n) is 2.42. The Kier molecular flexibility index (Phi) is 7.13. The minimum absolute atomic E-state index is 0.401. The second-order valence-corrected chi connectivity index (χ2v) is 3.97. The number of unbranched alkanes of at least 4 members (excludes halogenated alkanes) is 2. The van der Waals surface area contributed by atoms with Crippen molar-refractivity contribution in [2.24, 2.45) is 5.73 Å². The van der Waals surface area contributed by atoms with Gasteiger partial charge in [-0.3, -0.25) is 0 Å². The van der Waals surface area contributed by atoms with Crippen molar-refractivity contribution >= 4 is 0 Å². The highest BCUT2D eigenvalue weighted by molar-refractivity contribution is 5.37. The molecule has 0 spiro atoms. The van der Waals surface area contributed by atoms with Crippen molar-refractivity contribution in [1.29, 1.82) is 0 Å². The average Bonchev–Trinajstić information content (AvgIpc) is 2.37. The average molecular weight is 231 g/mol. The molecule has 1 aromatic rings. The second-order valence-electron chi connectivity index (χ2n) is 3.97.